The monoisotopic (exact) mass is 270 g/mol. The third kappa shape index (κ3) is 3.40. The van der Waals surface area contributed by atoms with Crippen molar-refractivity contribution in [3.8, 4) is 0 Å². The summed E-state index contributed by atoms with van der Waals surface area (Å²) in [5, 5.41) is 6.51. The summed E-state index contributed by atoms with van der Waals surface area (Å²) in [5.74, 6) is 1.34. The molecule has 2 fully saturated rings. The molecule has 5 heteroatoms. The van der Waals surface area contributed by atoms with Gasteiger partial charge in [-0.25, -0.2) is 4.79 Å². The first-order valence-corrected chi connectivity index (χ1v) is 7.82. The number of carbonyl (C=O) groups excluding carboxylic acids is 1. The van der Waals surface area contributed by atoms with Crippen LogP contribution in [0.15, 0.2) is 5.16 Å². The molecule has 1 amide bonds. The molecule has 0 unspecified atom stereocenters. The van der Waals surface area contributed by atoms with Gasteiger partial charge in [0.1, 0.15) is 0 Å². The van der Waals surface area contributed by atoms with Crippen LogP contribution in [-0.4, -0.2) is 29.9 Å². The van der Waals surface area contributed by atoms with Gasteiger partial charge in [0, 0.05) is 24.1 Å². The van der Waals surface area contributed by atoms with Crippen LogP contribution in [0, 0.1) is 11.8 Å². The summed E-state index contributed by atoms with van der Waals surface area (Å²) >= 11 is 1.92. The topological polar surface area (TPSA) is 50.7 Å². The summed E-state index contributed by atoms with van der Waals surface area (Å²) in [7, 11) is 1.55. The summed E-state index contributed by atoms with van der Waals surface area (Å²) < 4.78 is 0.257. The van der Waals surface area contributed by atoms with E-state index in [1.165, 1.54) is 25.7 Å². The van der Waals surface area contributed by atoms with Crippen molar-refractivity contribution in [2.45, 2.75) is 43.8 Å². The van der Waals surface area contributed by atoms with Gasteiger partial charge in [0.2, 0.25) is 0 Å². The second-order valence-corrected chi connectivity index (χ2v) is 6.79. The molecule has 2 rings (SSSR count). The summed E-state index contributed by atoms with van der Waals surface area (Å²) in [6.45, 7) is 2.31. The van der Waals surface area contributed by atoms with Gasteiger partial charge in [-0.1, -0.05) is 5.16 Å². The van der Waals surface area contributed by atoms with E-state index in [0.29, 0.717) is 5.92 Å². The van der Waals surface area contributed by atoms with Crippen LogP contribution in [0.4, 0.5) is 4.79 Å². The molecule has 102 valence electrons. The van der Waals surface area contributed by atoms with E-state index in [1.54, 1.807) is 7.05 Å². The molecular formula is C13H22N2O2S. The van der Waals surface area contributed by atoms with E-state index in [0.717, 1.165) is 18.1 Å². The van der Waals surface area contributed by atoms with Crippen molar-refractivity contribution < 1.29 is 9.63 Å². The zero-order valence-corrected chi connectivity index (χ0v) is 12.2. The maximum atomic E-state index is 11.1. The Morgan fingerprint density at radius 3 is 2.56 bits per heavy atom. The zero-order valence-electron chi connectivity index (χ0n) is 11.4. The number of amides is 1. The Hall–Kier alpha value is -0.710. The van der Waals surface area contributed by atoms with Crippen molar-refractivity contribution in [2.24, 2.45) is 17.0 Å². The van der Waals surface area contributed by atoms with Gasteiger partial charge < -0.3 is 5.32 Å². The molecule has 4 nitrogen and oxygen atoms in total. The normalized spacial score (nSPS) is 23.4. The van der Waals surface area contributed by atoms with Crippen LogP contribution in [-0.2, 0) is 4.84 Å². The number of thioether (sulfide) groups is 1. The number of hydrogen-bond donors (Lipinski definition) is 1. The molecule has 0 bridgehead atoms. The van der Waals surface area contributed by atoms with E-state index < -0.39 is 6.09 Å². The molecule has 0 heterocycles. The van der Waals surface area contributed by atoms with Gasteiger partial charge in [0.05, 0.1) is 5.71 Å². The second-order valence-electron chi connectivity index (χ2n) is 5.45. The van der Waals surface area contributed by atoms with E-state index in [4.69, 9.17) is 4.84 Å². The first-order chi connectivity index (χ1) is 8.59. The number of nitrogens with zero attached hydrogens (tertiary/aromatic N) is 1. The predicted molar refractivity (Wildman–Crippen MR) is 75.0 cm³/mol. The molecular weight excluding hydrogens is 248 g/mol. The molecule has 2 aliphatic carbocycles. The van der Waals surface area contributed by atoms with E-state index >= 15 is 0 Å². The lowest BCUT2D eigenvalue weighted by Gasteiger charge is -2.28. The van der Waals surface area contributed by atoms with Gasteiger partial charge in [-0.2, -0.15) is 11.8 Å². The van der Waals surface area contributed by atoms with Crippen molar-refractivity contribution >= 4 is 23.6 Å². The van der Waals surface area contributed by atoms with Crippen molar-refractivity contribution in [2.75, 3.05) is 13.3 Å². The maximum absolute atomic E-state index is 11.1. The summed E-state index contributed by atoms with van der Waals surface area (Å²) in [5.41, 5.74) is 1.07. The summed E-state index contributed by atoms with van der Waals surface area (Å²) in [6, 6.07) is 0. The first kappa shape index (κ1) is 13.7. The molecule has 0 aliphatic heterocycles. The third-order valence-electron chi connectivity index (χ3n) is 3.94. The number of hydrogen-bond acceptors (Lipinski definition) is 4. The molecule has 1 N–H and O–H groups in total. The highest BCUT2D eigenvalue weighted by Gasteiger charge is 2.44. The average molecular weight is 270 g/mol. The Kier molecular flexibility index (Phi) is 4.20. The molecule has 0 aromatic carbocycles. The van der Waals surface area contributed by atoms with Gasteiger partial charge in [0.15, 0.2) is 0 Å². The van der Waals surface area contributed by atoms with Crippen LogP contribution < -0.4 is 5.32 Å². The van der Waals surface area contributed by atoms with Gasteiger partial charge in [-0.3, -0.25) is 4.84 Å². The molecule has 0 saturated heterocycles. The zero-order chi connectivity index (χ0) is 13.2. The van der Waals surface area contributed by atoms with Crippen LogP contribution >= 0.6 is 11.8 Å². The average Bonchev–Trinajstić information content (AvgIpc) is 3.22. The minimum Gasteiger partial charge on any atom is -0.323 e. The highest BCUT2D eigenvalue weighted by Crippen LogP contribution is 2.50. The lowest BCUT2D eigenvalue weighted by molar-refractivity contribution is 0.152. The Bertz CT molecular complexity index is 351. The minimum atomic E-state index is -0.481. The van der Waals surface area contributed by atoms with Gasteiger partial charge in [0.25, 0.3) is 0 Å². The van der Waals surface area contributed by atoms with Crippen LogP contribution in [0.25, 0.3) is 0 Å². The van der Waals surface area contributed by atoms with Crippen molar-refractivity contribution in [3.63, 3.8) is 0 Å². The van der Waals surface area contributed by atoms with Crippen molar-refractivity contribution in [1.82, 2.24) is 5.32 Å². The predicted octanol–water partition coefficient (Wildman–Crippen LogP) is 3.03. The molecule has 1 atom stereocenters. The van der Waals surface area contributed by atoms with Gasteiger partial charge in [-0.05, 0) is 44.8 Å². The van der Waals surface area contributed by atoms with Gasteiger partial charge in [-0.15, -0.1) is 0 Å². The van der Waals surface area contributed by atoms with Crippen LogP contribution in [0.2, 0.25) is 0 Å². The van der Waals surface area contributed by atoms with Crippen LogP contribution in [0.1, 0.15) is 39.0 Å². The van der Waals surface area contributed by atoms with Gasteiger partial charge >= 0.3 is 6.09 Å². The Balaban J connectivity index is 1.99. The van der Waals surface area contributed by atoms with E-state index in [9.17, 15) is 4.79 Å². The largest absolute Gasteiger partial charge is 0.433 e. The van der Waals surface area contributed by atoms with E-state index in [-0.39, 0.29) is 4.75 Å². The van der Waals surface area contributed by atoms with Crippen molar-refractivity contribution in [1.29, 1.82) is 0 Å². The Morgan fingerprint density at radius 2 is 2.11 bits per heavy atom. The molecule has 0 radical (unpaired) electrons. The number of rotatable bonds is 6. The standard InChI is InChI=1S/C13H22N2O2S/c1-13(18-3,10-6-7-10)8-11(9-4-5-9)15-17-12(16)14-2/h9-10H,4-8H2,1-3H3,(H,14,16)/b15-11+/t13-/m1/s1. The lowest BCUT2D eigenvalue weighted by atomic mass is 9.96. The Labute approximate surface area is 113 Å². The van der Waals surface area contributed by atoms with E-state index in [2.05, 4.69) is 23.7 Å². The molecule has 0 spiro atoms. The third-order valence-corrected chi connectivity index (χ3v) is 5.35. The quantitative estimate of drug-likeness (QED) is 0.458. The second kappa shape index (κ2) is 5.51. The summed E-state index contributed by atoms with van der Waals surface area (Å²) in [4.78, 5) is 16.0. The van der Waals surface area contributed by atoms with E-state index in [1.807, 2.05) is 11.8 Å². The van der Waals surface area contributed by atoms with Crippen LogP contribution in [0.3, 0.4) is 0 Å². The fourth-order valence-corrected chi connectivity index (χ4v) is 3.11. The number of nitrogens with one attached hydrogen (secondary N) is 1. The molecule has 18 heavy (non-hydrogen) atoms. The SMILES string of the molecule is CNC(=O)O/N=C(\C[C@@](C)(SC)C1CC1)C1CC1. The number of carbonyl (C=O) groups is 1. The molecule has 2 aliphatic rings. The summed E-state index contributed by atoms with van der Waals surface area (Å²) in [6.07, 6.45) is 7.65. The van der Waals surface area contributed by atoms with Crippen molar-refractivity contribution in [3.05, 3.63) is 0 Å². The first-order valence-electron chi connectivity index (χ1n) is 6.59. The fourth-order valence-electron chi connectivity index (χ4n) is 2.25. The highest BCUT2D eigenvalue weighted by molar-refractivity contribution is 8.00. The fraction of sp³-hybridized carbons (Fsp3) is 0.846. The Morgan fingerprint density at radius 1 is 1.44 bits per heavy atom. The van der Waals surface area contributed by atoms with Crippen LogP contribution in [0.5, 0.6) is 0 Å². The molecule has 2 saturated carbocycles. The molecule has 0 aromatic rings. The minimum absolute atomic E-state index is 0.257. The lowest BCUT2D eigenvalue weighted by Crippen LogP contribution is -2.28. The highest BCUT2D eigenvalue weighted by atomic mass is 32.2. The molecule has 0 aromatic heterocycles. The smallest absolute Gasteiger partial charge is 0.323 e. The number of oxime groups is 1. The maximum Gasteiger partial charge on any atom is 0.433 e.